The van der Waals surface area contributed by atoms with Crippen molar-refractivity contribution in [2.75, 3.05) is 0 Å². The molecular formula is C24H44S. The van der Waals surface area contributed by atoms with Crippen LogP contribution in [0.15, 0.2) is 11.4 Å². The minimum atomic E-state index is 1.31. The van der Waals surface area contributed by atoms with Crippen LogP contribution in [0, 0.1) is 0 Å². The van der Waals surface area contributed by atoms with Gasteiger partial charge >= 0.3 is 0 Å². The molecule has 0 aliphatic heterocycles. The highest BCUT2D eigenvalue weighted by Gasteiger charge is 2.01. The molecule has 0 saturated heterocycles. The van der Waals surface area contributed by atoms with Crippen molar-refractivity contribution < 1.29 is 0 Å². The van der Waals surface area contributed by atoms with E-state index in [2.05, 4.69) is 25.3 Å². The van der Waals surface area contributed by atoms with Crippen molar-refractivity contribution in [3.05, 3.63) is 21.9 Å². The van der Waals surface area contributed by atoms with Gasteiger partial charge in [-0.3, -0.25) is 0 Å². The predicted molar refractivity (Wildman–Crippen MR) is 117 cm³/mol. The van der Waals surface area contributed by atoms with Crippen molar-refractivity contribution in [3.8, 4) is 0 Å². The van der Waals surface area contributed by atoms with Gasteiger partial charge in [0, 0.05) is 4.88 Å². The van der Waals surface area contributed by atoms with Crippen LogP contribution in [0.4, 0.5) is 0 Å². The van der Waals surface area contributed by atoms with Crippen LogP contribution in [0.25, 0.3) is 0 Å². The Labute approximate surface area is 162 Å². The standard InChI is InChI=1S/C24H44S/c1-3-5-7-9-11-13-15-17-19-23-21-24(25-22-23)20-18-16-14-12-10-8-6-4-2/h21-22H,3-20H2,1-2H3. The first-order valence-electron chi connectivity index (χ1n) is 11.4. The van der Waals surface area contributed by atoms with E-state index in [1.54, 1.807) is 10.4 Å². The van der Waals surface area contributed by atoms with Gasteiger partial charge in [0.2, 0.25) is 0 Å². The Bertz CT molecular complexity index is 345. The van der Waals surface area contributed by atoms with Gasteiger partial charge in [0.1, 0.15) is 0 Å². The third kappa shape index (κ3) is 13.5. The fraction of sp³-hybridized carbons (Fsp3) is 0.833. The van der Waals surface area contributed by atoms with Gasteiger partial charge in [-0.05, 0) is 42.7 Å². The monoisotopic (exact) mass is 364 g/mol. The normalized spacial score (nSPS) is 11.3. The summed E-state index contributed by atoms with van der Waals surface area (Å²) in [4.78, 5) is 1.63. The van der Waals surface area contributed by atoms with Crippen molar-refractivity contribution in [2.24, 2.45) is 0 Å². The maximum atomic E-state index is 2.49. The molecule has 0 N–H and O–H groups in total. The van der Waals surface area contributed by atoms with Gasteiger partial charge in [-0.2, -0.15) is 0 Å². The molecule has 0 bridgehead atoms. The Hall–Kier alpha value is -0.300. The first kappa shape index (κ1) is 22.7. The van der Waals surface area contributed by atoms with Crippen molar-refractivity contribution in [3.63, 3.8) is 0 Å². The minimum Gasteiger partial charge on any atom is -0.149 e. The predicted octanol–water partition coefficient (Wildman–Crippen LogP) is 9.11. The molecule has 0 fully saturated rings. The molecule has 0 unspecified atom stereocenters. The molecular weight excluding hydrogens is 320 g/mol. The summed E-state index contributed by atoms with van der Waals surface area (Å²) in [7, 11) is 0. The van der Waals surface area contributed by atoms with E-state index in [9.17, 15) is 0 Å². The molecule has 0 aliphatic carbocycles. The summed E-state index contributed by atoms with van der Waals surface area (Å²) in [5, 5.41) is 2.42. The summed E-state index contributed by atoms with van der Waals surface area (Å²) in [6.07, 6.45) is 25.4. The van der Waals surface area contributed by atoms with E-state index in [0.29, 0.717) is 0 Å². The minimum absolute atomic E-state index is 1.31. The van der Waals surface area contributed by atoms with Gasteiger partial charge in [0.05, 0.1) is 0 Å². The quantitative estimate of drug-likeness (QED) is 0.228. The second kappa shape index (κ2) is 17.1. The molecule has 146 valence electrons. The summed E-state index contributed by atoms with van der Waals surface area (Å²) in [6.45, 7) is 4.59. The highest BCUT2D eigenvalue weighted by atomic mass is 32.1. The average molecular weight is 365 g/mol. The van der Waals surface area contributed by atoms with Gasteiger partial charge in [0.15, 0.2) is 0 Å². The second-order valence-electron chi connectivity index (χ2n) is 7.87. The molecule has 0 aromatic carbocycles. The molecule has 1 aromatic heterocycles. The summed E-state index contributed by atoms with van der Waals surface area (Å²) >= 11 is 2.00. The second-order valence-corrected chi connectivity index (χ2v) is 8.87. The fourth-order valence-electron chi connectivity index (χ4n) is 3.58. The van der Waals surface area contributed by atoms with Crippen LogP contribution in [0.2, 0.25) is 0 Å². The first-order chi connectivity index (χ1) is 12.4. The van der Waals surface area contributed by atoms with Gasteiger partial charge in [-0.15, -0.1) is 11.3 Å². The van der Waals surface area contributed by atoms with Crippen molar-refractivity contribution in [2.45, 2.75) is 129 Å². The van der Waals surface area contributed by atoms with Crippen LogP contribution in [0.1, 0.15) is 127 Å². The molecule has 0 atom stereocenters. The number of rotatable bonds is 18. The highest BCUT2D eigenvalue weighted by molar-refractivity contribution is 7.10. The van der Waals surface area contributed by atoms with E-state index >= 15 is 0 Å². The Morgan fingerprint density at radius 1 is 0.560 bits per heavy atom. The Balaban J connectivity index is 1.93. The van der Waals surface area contributed by atoms with E-state index in [-0.39, 0.29) is 0 Å². The lowest BCUT2D eigenvalue weighted by Gasteiger charge is -2.01. The molecule has 25 heavy (non-hydrogen) atoms. The lowest BCUT2D eigenvalue weighted by molar-refractivity contribution is 0.575. The number of hydrogen-bond acceptors (Lipinski definition) is 1. The van der Waals surface area contributed by atoms with Crippen LogP contribution in [-0.4, -0.2) is 0 Å². The molecule has 1 aromatic rings. The van der Waals surface area contributed by atoms with E-state index in [1.807, 2.05) is 11.3 Å². The number of thiophene rings is 1. The third-order valence-corrected chi connectivity index (χ3v) is 6.35. The first-order valence-corrected chi connectivity index (χ1v) is 12.3. The van der Waals surface area contributed by atoms with E-state index < -0.39 is 0 Å². The van der Waals surface area contributed by atoms with Crippen LogP contribution < -0.4 is 0 Å². The lowest BCUT2D eigenvalue weighted by atomic mass is 10.0. The van der Waals surface area contributed by atoms with Gasteiger partial charge in [-0.1, -0.05) is 104 Å². The van der Waals surface area contributed by atoms with Gasteiger partial charge < -0.3 is 0 Å². The molecule has 1 rings (SSSR count). The van der Waals surface area contributed by atoms with Gasteiger partial charge in [0.25, 0.3) is 0 Å². The Morgan fingerprint density at radius 3 is 1.52 bits per heavy atom. The maximum absolute atomic E-state index is 2.49. The molecule has 0 radical (unpaired) electrons. The molecule has 1 heteroatoms. The van der Waals surface area contributed by atoms with Crippen LogP contribution in [0.3, 0.4) is 0 Å². The van der Waals surface area contributed by atoms with Crippen LogP contribution in [0.5, 0.6) is 0 Å². The SMILES string of the molecule is CCCCCCCCCCc1csc(CCCCCCCCCC)c1. The third-order valence-electron chi connectivity index (χ3n) is 5.30. The lowest BCUT2D eigenvalue weighted by Crippen LogP contribution is -1.85. The van der Waals surface area contributed by atoms with E-state index in [1.165, 1.54) is 116 Å². The zero-order valence-electron chi connectivity index (χ0n) is 17.3. The largest absolute Gasteiger partial charge is 0.149 e. The smallest absolute Gasteiger partial charge is 0.00480 e. The molecule has 0 aliphatic rings. The summed E-state index contributed by atoms with van der Waals surface area (Å²) < 4.78 is 0. The highest BCUT2D eigenvalue weighted by Crippen LogP contribution is 2.20. The van der Waals surface area contributed by atoms with Crippen LogP contribution in [-0.2, 0) is 12.8 Å². The van der Waals surface area contributed by atoms with Crippen molar-refractivity contribution >= 4 is 11.3 Å². The molecule has 0 spiro atoms. The topological polar surface area (TPSA) is 0 Å². The number of aryl methyl sites for hydroxylation is 2. The van der Waals surface area contributed by atoms with E-state index in [4.69, 9.17) is 0 Å². The molecule has 0 nitrogen and oxygen atoms in total. The van der Waals surface area contributed by atoms with Crippen molar-refractivity contribution in [1.82, 2.24) is 0 Å². The summed E-state index contributed by atoms with van der Waals surface area (Å²) in [5.41, 5.74) is 1.60. The van der Waals surface area contributed by atoms with Crippen molar-refractivity contribution in [1.29, 1.82) is 0 Å². The average Bonchev–Trinajstić information content (AvgIpc) is 3.07. The molecule has 1 heterocycles. The molecule has 0 saturated carbocycles. The van der Waals surface area contributed by atoms with Gasteiger partial charge in [-0.25, -0.2) is 0 Å². The van der Waals surface area contributed by atoms with E-state index in [0.717, 1.165) is 0 Å². The zero-order chi connectivity index (χ0) is 18.0. The summed E-state index contributed by atoms with van der Waals surface area (Å²) in [5.74, 6) is 0. The zero-order valence-corrected chi connectivity index (χ0v) is 18.1. The van der Waals surface area contributed by atoms with Crippen LogP contribution >= 0.6 is 11.3 Å². The number of hydrogen-bond donors (Lipinski definition) is 0. The Morgan fingerprint density at radius 2 is 1.00 bits per heavy atom. The number of unbranched alkanes of at least 4 members (excludes halogenated alkanes) is 14. The maximum Gasteiger partial charge on any atom is 0.00480 e. The molecule has 0 amide bonds. The summed E-state index contributed by atoms with van der Waals surface area (Å²) in [6, 6.07) is 2.49. The fourth-order valence-corrected chi connectivity index (χ4v) is 4.55. The Kier molecular flexibility index (Phi) is 15.6.